The van der Waals surface area contributed by atoms with E-state index in [1.807, 2.05) is 85.8 Å². The summed E-state index contributed by atoms with van der Waals surface area (Å²) in [5, 5.41) is 4.08. The van der Waals surface area contributed by atoms with Crippen LogP contribution in [0.1, 0.15) is 48.3 Å². The summed E-state index contributed by atoms with van der Waals surface area (Å²) < 4.78 is 6.65. The summed E-state index contributed by atoms with van der Waals surface area (Å²) in [7, 11) is 0. The van der Waals surface area contributed by atoms with Crippen molar-refractivity contribution in [1.29, 1.82) is 0 Å². The van der Waals surface area contributed by atoms with Crippen molar-refractivity contribution in [2.75, 3.05) is 6.61 Å². The molecule has 0 fully saturated rings. The van der Waals surface area contributed by atoms with Crippen LogP contribution in [0, 0.1) is 0 Å². The summed E-state index contributed by atoms with van der Waals surface area (Å²) in [6, 6.07) is 25.4. The summed E-state index contributed by atoms with van der Waals surface area (Å²) >= 11 is 9.64. The average molecular weight is 577 g/mol. The zero-order valence-corrected chi connectivity index (χ0v) is 22.8. The van der Waals surface area contributed by atoms with Crippen LogP contribution in [0.15, 0.2) is 106 Å². The molecule has 1 heterocycles. The van der Waals surface area contributed by atoms with Gasteiger partial charge in [-0.3, -0.25) is 4.79 Å². The van der Waals surface area contributed by atoms with Crippen LogP contribution >= 0.6 is 27.5 Å². The number of ketones is 1. The lowest BCUT2D eigenvalue weighted by atomic mass is 9.72. The van der Waals surface area contributed by atoms with Crippen molar-refractivity contribution in [3.8, 4) is 0 Å². The number of hydrogen-bond donors (Lipinski definition) is 1. The fourth-order valence-corrected chi connectivity index (χ4v) is 5.83. The fraction of sp³-hybridized carbons (Fsp3) is 0.226. The summed E-state index contributed by atoms with van der Waals surface area (Å²) in [6.45, 7) is 2.16. The second-order valence-corrected chi connectivity index (χ2v) is 10.8. The molecule has 0 amide bonds. The van der Waals surface area contributed by atoms with Crippen LogP contribution in [0.5, 0.6) is 0 Å². The van der Waals surface area contributed by atoms with Crippen molar-refractivity contribution >= 4 is 39.3 Å². The third kappa shape index (κ3) is 5.58. The molecule has 0 saturated carbocycles. The van der Waals surface area contributed by atoms with Gasteiger partial charge in [-0.1, -0.05) is 82.1 Å². The standard InChI is InChI=1S/C31H27BrClNO3/c1-19-28(31(36)37-15-14-20-6-3-2-4-7-20)29(22-8-5-9-24(32)16-22)30-26(34-19)17-23(18-27(30)35)21-10-12-25(33)13-11-21/h2-13,16,23,29,34H,14-15,17-18H2,1H3/t23-,29+/m1/s1. The molecule has 2 atom stereocenters. The number of benzene rings is 3. The molecule has 3 aromatic carbocycles. The molecule has 1 aliphatic heterocycles. The highest BCUT2D eigenvalue weighted by atomic mass is 79.9. The largest absolute Gasteiger partial charge is 0.462 e. The normalized spacial score (nSPS) is 19.4. The van der Waals surface area contributed by atoms with E-state index < -0.39 is 11.9 Å². The molecule has 0 spiro atoms. The lowest BCUT2D eigenvalue weighted by Gasteiger charge is -2.36. The second-order valence-electron chi connectivity index (χ2n) is 9.50. The van der Waals surface area contributed by atoms with Crippen LogP contribution in [0.4, 0.5) is 0 Å². The van der Waals surface area contributed by atoms with Crippen LogP contribution in [-0.2, 0) is 20.7 Å². The first kappa shape index (κ1) is 25.5. The molecule has 0 unspecified atom stereocenters. The van der Waals surface area contributed by atoms with E-state index in [0.717, 1.165) is 32.6 Å². The molecular formula is C31H27BrClNO3. The molecule has 37 heavy (non-hydrogen) atoms. The number of rotatable bonds is 6. The van der Waals surface area contributed by atoms with E-state index in [4.69, 9.17) is 16.3 Å². The Morgan fingerprint density at radius 1 is 1.00 bits per heavy atom. The first-order chi connectivity index (χ1) is 17.9. The first-order valence-corrected chi connectivity index (χ1v) is 13.5. The Morgan fingerprint density at radius 3 is 2.49 bits per heavy atom. The third-order valence-electron chi connectivity index (χ3n) is 7.04. The zero-order chi connectivity index (χ0) is 25.9. The minimum absolute atomic E-state index is 0.0424. The average Bonchev–Trinajstić information content (AvgIpc) is 2.88. The number of allylic oxidation sites excluding steroid dienone is 3. The van der Waals surface area contributed by atoms with Crippen LogP contribution in [0.25, 0.3) is 0 Å². The van der Waals surface area contributed by atoms with E-state index in [0.29, 0.717) is 35.4 Å². The molecule has 2 aliphatic rings. The van der Waals surface area contributed by atoms with Crippen molar-refractivity contribution in [3.63, 3.8) is 0 Å². The number of halogens is 2. The summed E-state index contributed by atoms with van der Waals surface area (Å²) in [5.41, 5.74) is 5.81. The molecule has 3 aromatic rings. The van der Waals surface area contributed by atoms with Gasteiger partial charge in [-0.05, 0) is 60.2 Å². The molecule has 4 nitrogen and oxygen atoms in total. The highest BCUT2D eigenvalue weighted by Gasteiger charge is 2.41. The van der Waals surface area contributed by atoms with Crippen LogP contribution in [0.3, 0.4) is 0 Å². The van der Waals surface area contributed by atoms with Crippen molar-refractivity contribution in [2.24, 2.45) is 0 Å². The maximum atomic E-state index is 13.7. The van der Waals surface area contributed by atoms with E-state index in [9.17, 15) is 9.59 Å². The van der Waals surface area contributed by atoms with E-state index in [2.05, 4.69) is 21.2 Å². The van der Waals surface area contributed by atoms with Gasteiger partial charge in [0.1, 0.15) is 0 Å². The maximum absolute atomic E-state index is 13.7. The molecule has 188 valence electrons. The van der Waals surface area contributed by atoms with Crippen molar-refractivity contribution in [3.05, 3.63) is 128 Å². The summed E-state index contributed by atoms with van der Waals surface area (Å²) in [4.78, 5) is 27.2. The predicted octanol–water partition coefficient (Wildman–Crippen LogP) is 7.25. The zero-order valence-electron chi connectivity index (χ0n) is 20.5. The van der Waals surface area contributed by atoms with Gasteiger partial charge in [-0.2, -0.15) is 0 Å². The topological polar surface area (TPSA) is 55.4 Å². The maximum Gasteiger partial charge on any atom is 0.336 e. The van der Waals surface area contributed by atoms with Gasteiger partial charge in [0.25, 0.3) is 0 Å². The molecular weight excluding hydrogens is 550 g/mol. The first-order valence-electron chi connectivity index (χ1n) is 12.4. The number of carbonyl (C=O) groups is 2. The molecule has 1 aliphatic carbocycles. The van der Waals surface area contributed by atoms with Gasteiger partial charge in [-0.15, -0.1) is 0 Å². The molecule has 5 rings (SSSR count). The minimum Gasteiger partial charge on any atom is -0.462 e. The quantitative estimate of drug-likeness (QED) is 0.314. The highest BCUT2D eigenvalue weighted by Crippen LogP contribution is 2.46. The number of Topliss-reactive ketones (excluding diaryl/α,β-unsaturated/α-hetero) is 1. The van der Waals surface area contributed by atoms with E-state index in [-0.39, 0.29) is 18.3 Å². The van der Waals surface area contributed by atoms with Crippen molar-refractivity contribution < 1.29 is 14.3 Å². The van der Waals surface area contributed by atoms with Crippen LogP contribution < -0.4 is 5.32 Å². The van der Waals surface area contributed by atoms with Crippen LogP contribution in [-0.4, -0.2) is 18.4 Å². The predicted molar refractivity (Wildman–Crippen MR) is 149 cm³/mol. The van der Waals surface area contributed by atoms with Gasteiger partial charge in [0.15, 0.2) is 5.78 Å². The van der Waals surface area contributed by atoms with E-state index in [1.165, 1.54) is 0 Å². The fourth-order valence-electron chi connectivity index (χ4n) is 5.28. The highest BCUT2D eigenvalue weighted by molar-refractivity contribution is 9.10. The molecule has 0 radical (unpaired) electrons. The number of dihydropyridines is 1. The Balaban J connectivity index is 1.46. The van der Waals surface area contributed by atoms with E-state index in [1.54, 1.807) is 0 Å². The Labute approximate surface area is 230 Å². The van der Waals surface area contributed by atoms with Gasteiger partial charge in [-0.25, -0.2) is 4.79 Å². The number of hydrogen-bond acceptors (Lipinski definition) is 4. The second kappa shape index (κ2) is 11.1. The SMILES string of the molecule is CC1=C(C(=O)OCCc2ccccc2)[C@H](c2cccc(Br)c2)C2=C(C[C@@H](c3ccc(Cl)cc3)CC2=O)N1. The van der Waals surface area contributed by atoms with Gasteiger partial charge >= 0.3 is 5.97 Å². The van der Waals surface area contributed by atoms with Crippen molar-refractivity contribution in [1.82, 2.24) is 5.32 Å². The molecule has 0 bridgehead atoms. The monoisotopic (exact) mass is 575 g/mol. The number of nitrogens with one attached hydrogen (secondary N) is 1. The molecule has 0 aromatic heterocycles. The van der Waals surface area contributed by atoms with E-state index >= 15 is 0 Å². The molecule has 1 N–H and O–H groups in total. The Bertz CT molecular complexity index is 1400. The van der Waals surface area contributed by atoms with Gasteiger partial charge in [0, 0.05) is 45.2 Å². The minimum atomic E-state index is -0.489. The summed E-state index contributed by atoms with van der Waals surface area (Å²) in [5.74, 6) is -0.797. The smallest absolute Gasteiger partial charge is 0.336 e. The third-order valence-corrected chi connectivity index (χ3v) is 7.78. The lowest BCUT2D eigenvalue weighted by Crippen LogP contribution is -2.36. The molecule has 6 heteroatoms. The molecule has 0 saturated heterocycles. The lowest BCUT2D eigenvalue weighted by molar-refractivity contribution is -0.139. The van der Waals surface area contributed by atoms with Gasteiger partial charge in [0.05, 0.1) is 12.2 Å². The summed E-state index contributed by atoms with van der Waals surface area (Å²) in [6.07, 6.45) is 1.69. The number of carbonyl (C=O) groups excluding carboxylic acids is 2. The Morgan fingerprint density at radius 2 is 1.76 bits per heavy atom. The van der Waals surface area contributed by atoms with Crippen molar-refractivity contribution in [2.45, 2.75) is 38.0 Å². The van der Waals surface area contributed by atoms with Crippen LogP contribution in [0.2, 0.25) is 5.02 Å². The number of ether oxygens (including phenoxy) is 1. The number of esters is 1. The van der Waals surface area contributed by atoms with Gasteiger partial charge < -0.3 is 10.1 Å². The Hall–Kier alpha value is -3.15. The van der Waals surface area contributed by atoms with Gasteiger partial charge in [0.2, 0.25) is 0 Å². The Kier molecular flexibility index (Phi) is 7.63.